The van der Waals surface area contributed by atoms with Crippen LogP contribution in [-0.2, 0) is 10.0 Å². The van der Waals surface area contributed by atoms with E-state index in [9.17, 15) is 8.42 Å². The maximum Gasteiger partial charge on any atom is 0.243 e. The number of rotatable bonds is 8. The summed E-state index contributed by atoms with van der Waals surface area (Å²) >= 11 is 1.50. The van der Waals surface area contributed by atoms with Crippen LogP contribution in [0, 0.1) is 0 Å². The molecule has 0 amide bonds. The maximum atomic E-state index is 13.2. The molecule has 0 bridgehead atoms. The van der Waals surface area contributed by atoms with Gasteiger partial charge in [0.05, 0.1) is 34.4 Å². The van der Waals surface area contributed by atoms with Crippen molar-refractivity contribution in [3.8, 4) is 11.5 Å². The van der Waals surface area contributed by atoms with E-state index in [-0.39, 0.29) is 4.90 Å². The van der Waals surface area contributed by atoms with Crippen LogP contribution in [0.3, 0.4) is 0 Å². The summed E-state index contributed by atoms with van der Waals surface area (Å²) in [5.74, 6) is 0.955. The molecule has 0 spiro atoms. The molecular weight excluding hydrogens is 396 g/mol. The van der Waals surface area contributed by atoms with Crippen molar-refractivity contribution in [1.29, 1.82) is 0 Å². The molecule has 3 aromatic rings. The third-order valence-electron chi connectivity index (χ3n) is 4.41. The number of para-hydroxylation sites is 1. The molecule has 0 aliphatic heterocycles. The highest BCUT2D eigenvalue weighted by atomic mass is 32.2. The lowest BCUT2D eigenvalue weighted by Crippen LogP contribution is -2.29. The standard InChI is InChI=1S/C20H24N2O4S2/c1-5-25-17-12-11-15(13-18(17)26-6-2)28(23,24)22(4)14(3)20-21-16-9-7-8-10-19(16)27-20/h7-14H,5-6H2,1-4H3/t14-/m0/s1. The molecule has 8 heteroatoms. The molecule has 0 saturated heterocycles. The minimum absolute atomic E-state index is 0.162. The third kappa shape index (κ3) is 3.99. The molecule has 0 saturated carbocycles. The summed E-state index contributed by atoms with van der Waals surface area (Å²) < 4.78 is 39.9. The monoisotopic (exact) mass is 420 g/mol. The molecule has 3 rings (SSSR count). The molecule has 6 nitrogen and oxygen atoms in total. The predicted octanol–water partition coefficient (Wildman–Crippen LogP) is 4.48. The van der Waals surface area contributed by atoms with E-state index < -0.39 is 16.1 Å². The predicted molar refractivity (Wildman–Crippen MR) is 112 cm³/mol. The first kappa shape index (κ1) is 20.6. The van der Waals surface area contributed by atoms with Gasteiger partial charge in [-0.25, -0.2) is 13.4 Å². The van der Waals surface area contributed by atoms with Gasteiger partial charge < -0.3 is 9.47 Å². The summed E-state index contributed by atoms with van der Waals surface area (Å²) in [5.41, 5.74) is 0.875. The van der Waals surface area contributed by atoms with Gasteiger partial charge in [-0.3, -0.25) is 0 Å². The smallest absolute Gasteiger partial charge is 0.243 e. The van der Waals surface area contributed by atoms with Gasteiger partial charge in [-0.2, -0.15) is 4.31 Å². The Kier molecular flexibility index (Phi) is 6.22. The summed E-state index contributed by atoms with van der Waals surface area (Å²) in [6.07, 6.45) is 0. The fourth-order valence-corrected chi connectivity index (χ4v) is 5.26. The van der Waals surface area contributed by atoms with Crippen LogP contribution in [-0.4, -0.2) is 38.0 Å². The Morgan fingerprint density at radius 2 is 1.75 bits per heavy atom. The average molecular weight is 421 g/mol. The molecular formula is C20H24N2O4S2. The van der Waals surface area contributed by atoms with Gasteiger partial charge in [0.2, 0.25) is 10.0 Å². The van der Waals surface area contributed by atoms with Gasteiger partial charge in [-0.05, 0) is 45.0 Å². The highest BCUT2D eigenvalue weighted by Gasteiger charge is 2.29. The summed E-state index contributed by atoms with van der Waals surface area (Å²) in [6.45, 7) is 6.45. The molecule has 1 heterocycles. The van der Waals surface area contributed by atoms with Crippen molar-refractivity contribution in [3.63, 3.8) is 0 Å². The van der Waals surface area contributed by atoms with E-state index in [0.717, 1.165) is 15.2 Å². The van der Waals surface area contributed by atoms with Crippen LogP contribution in [0.4, 0.5) is 0 Å². The molecule has 28 heavy (non-hydrogen) atoms. The Balaban J connectivity index is 1.93. The van der Waals surface area contributed by atoms with Crippen molar-refractivity contribution in [3.05, 3.63) is 47.5 Å². The van der Waals surface area contributed by atoms with E-state index in [0.29, 0.717) is 24.7 Å². The summed E-state index contributed by atoms with van der Waals surface area (Å²) in [5, 5.41) is 0.753. The molecule has 1 atom stereocenters. The molecule has 1 aromatic heterocycles. The number of benzene rings is 2. The van der Waals surface area contributed by atoms with Gasteiger partial charge in [0.1, 0.15) is 5.01 Å². The fraction of sp³-hybridized carbons (Fsp3) is 0.350. The topological polar surface area (TPSA) is 68.7 Å². The third-order valence-corrected chi connectivity index (χ3v) is 7.54. The number of nitrogens with zero attached hydrogens (tertiary/aromatic N) is 2. The van der Waals surface area contributed by atoms with Crippen LogP contribution >= 0.6 is 11.3 Å². The Morgan fingerprint density at radius 1 is 1.07 bits per heavy atom. The van der Waals surface area contributed by atoms with Gasteiger partial charge in [0.15, 0.2) is 11.5 Å². The molecule has 0 fully saturated rings. The van der Waals surface area contributed by atoms with Crippen molar-refractivity contribution in [1.82, 2.24) is 9.29 Å². The maximum absolute atomic E-state index is 13.2. The molecule has 0 unspecified atom stereocenters. The van der Waals surface area contributed by atoms with Crippen molar-refractivity contribution >= 4 is 31.6 Å². The first-order valence-corrected chi connectivity index (χ1v) is 11.4. The zero-order valence-electron chi connectivity index (χ0n) is 16.4. The number of ether oxygens (including phenoxy) is 2. The quantitative estimate of drug-likeness (QED) is 0.538. The van der Waals surface area contributed by atoms with E-state index >= 15 is 0 Å². The Bertz CT molecular complexity index is 1030. The number of aromatic nitrogens is 1. The first-order valence-electron chi connectivity index (χ1n) is 9.11. The van der Waals surface area contributed by atoms with Gasteiger partial charge in [-0.15, -0.1) is 11.3 Å². The van der Waals surface area contributed by atoms with Crippen LogP contribution in [0.2, 0.25) is 0 Å². The van der Waals surface area contributed by atoms with Crippen molar-refractivity contribution in [2.24, 2.45) is 0 Å². The second kappa shape index (κ2) is 8.46. The lowest BCUT2D eigenvalue weighted by molar-refractivity contribution is 0.287. The Labute approximate surface area is 169 Å². The largest absolute Gasteiger partial charge is 0.490 e. The minimum atomic E-state index is -3.73. The Morgan fingerprint density at radius 3 is 2.43 bits per heavy atom. The van der Waals surface area contributed by atoms with E-state index in [4.69, 9.17) is 9.47 Å². The minimum Gasteiger partial charge on any atom is -0.490 e. The summed E-state index contributed by atoms with van der Waals surface area (Å²) in [7, 11) is -2.16. The highest BCUT2D eigenvalue weighted by molar-refractivity contribution is 7.89. The fourth-order valence-electron chi connectivity index (χ4n) is 2.79. The lowest BCUT2D eigenvalue weighted by Gasteiger charge is -2.23. The number of fused-ring (bicyclic) bond motifs is 1. The SMILES string of the molecule is CCOc1ccc(S(=O)(=O)N(C)[C@@H](C)c2nc3ccccc3s2)cc1OCC. The van der Waals surface area contributed by atoms with Gasteiger partial charge in [-0.1, -0.05) is 12.1 Å². The van der Waals surface area contributed by atoms with E-state index in [1.165, 1.54) is 21.7 Å². The number of sulfonamides is 1. The van der Waals surface area contributed by atoms with E-state index in [1.807, 2.05) is 45.0 Å². The zero-order valence-corrected chi connectivity index (χ0v) is 18.0. The van der Waals surface area contributed by atoms with E-state index in [1.54, 1.807) is 19.2 Å². The van der Waals surface area contributed by atoms with Crippen molar-refractivity contribution < 1.29 is 17.9 Å². The van der Waals surface area contributed by atoms with Gasteiger partial charge in [0, 0.05) is 13.1 Å². The molecule has 0 aliphatic rings. The number of hydrogen-bond acceptors (Lipinski definition) is 6. The van der Waals surface area contributed by atoms with Crippen LogP contribution in [0.25, 0.3) is 10.2 Å². The normalized spacial score (nSPS) is 13.0. The molecule has 2 aromatic carbocycles. The van der Waals surface area contributed by atoms with Crippen LogP contribution in [0.5, 0.6) is 11.5 Å². The van der Waals surface area contributed by atoms with E-state index in [2.05, 4.69) is 4.98 Å². The summed E-state index contributed by atoms with van der Waals surface area (Å²) in [6, 6.07) is 12.1. The average Bonchev–Trinajstić information content (AvgIpc) is 3.12. The highest BCUT2D eigenvalue weighted by Crippen LogP contribution is 2.35. The molecule has 0 radical (unpaired) electrons. The number of hydrogen-bond donors (Lipinski definition) is 0. The van der Waals surface area contributed by atoms with Crippen LogP contribution in [0.1, 0.15) is 31.8 Å². The van der Waals surface area contributed by atoms with Gasteiger partial charge in [0.25, 0.3) is 0 Å². The lowest BCUT2D eigenvalue weighted by atomic mass is 10.3. The molecule has 0 N–H and O–H groups in total. The van der Waals surface area contributed by atoms with Crippen LogP contribution in [0.15, 0.2) is 47.4 Å². The van der Waals surface area contributed by atoms with Crippen molar-refractivity contribution in [2.75, 3.05) is 20.3 Å². The Hall–Kier alpha value is -2.16. The molecule has 150 valence electrons. The zero-order chi connectivity index (χ0) is 20.3. The summed E-state index contributed by atoms with van der Waals surface area (Å²) in [4.78, 5) is 4.76. The number of thiazole rings is 1. The second-order valence-corrected chi connectivity index (χ2v) is 9.25. The van der Waals surface area contributed by atoms with Crippen molar-refractivity contribution in [2.45, 2.75) is 31.7 Å². The second-order valence-electron chi connectivity index (χ2n) is 6.19. The molecule has 0 aliphatic carbocycles. The van der Waals surface area contributed by atoms with Crippen LogP contribution < -0.4 is 9.47 Å². The first-order chi connectivity index (χ1) is 13.4. The van der Waals surface area contributed by atoms with Gasteiger partial charge >= 0.3 is 0 Å².